The number of aromatic nitrogens is 2. The number of halogens is 1. The quantitative estimate of drug-likeness (QED) is 0.730. The molecule has 0 aliphatic carbocycles. The van der Waals surface area contributed by atoms with Crippen LogP contribution >= 0.6 is 0 Å². The van der Waals surface area contributed by atoms with Gasteiger partial charge in [-0.2, -0.15) is 0 Å². The maximum Gasteiger partial charge on any atom is 0.289 e. The predicted molar refractivity (Wildman–Crippen MR) is 103 cm³/mol. The summed E-state index contributed by atoms with van der Waals surface area (Å²) in [7, 11) is 0. The van der Waals surface area contributed by atoms with E-state index >= 15 is 0 Å². The minimum atomic E-state index is -0.378. The van der Waals surface area contributed by atoms with E-state index in [4.69, 9.17) is 4.42 Å². The fraction of sp³-hybridized carbons (Fsp3) is 0.200. The summed E-state index contributed by atoms with van der Waals surface area (Å²) >= 11 is 0. The van der Waals surface area contributed by atoms with Crippen LogP contribution in [-0.4, -0.2) is 52.9 Å². The van der Waals surface area contributed by atoms with Crippen molar-refractivity contribution in [2.24, 2.45) is 0 Å². The maximum absolute atomic E-state index is 12.9. The van der Waals surface area contributed by atoms with Crippen molar-refractivity contribution in [2.45, 2.75) is 0 Å². The van der Waals surface area contributed by atoms with Crippen LogP contribution < -0.4 is 10.2 Å². The maximum atomic E-state index is 12.9. The van der Waals surface area contributed by atoms with Crippen molar-refractivity contribution in [3.05, 3.63) is 72.2 Å². The van der Waals surface area contributed by atoms with E-state index in [1.54, 1.807) is 17.0 Å². The molecule has 0 spiro atoms. The van der Waals surface area contributed by atoms with Crippen molar-refractivity contribution in [3.8, 4) is 0 Å². The normalized spacial score (nSPS) is 14.0. The Morgan fingerprint density at radius 2 is 1.69 bits per heavy atom. The largest absolute Gasteiger partial charge is 0.459 e. The van der Waals surface area contributed by atoms with Crippen molar-refractivity contribution in [1.29, 1.82) is 0 Å². The third kappa shape index (κ3) is 4.23. The number of amides is 2. The highest BCUT2D eigenvalue weighted by Crippen LogP contribution is 2.15. The molecule has 148 valence electrons. The van der Waals surface area contributed by atoms with Crippen molar-refractivity contribution in [3.63, 3.8) is 0 Å². The summed E-state index contributed by atoms with van der Waals surface area (Å²) in [6.45, 7) is 2.20. The topological polar surface area (TPSA) is 91.6 Å². The van der Waals surface area contributed by atoms with Gasteiger partial charge in [0, 0.05) is 44.3 Å². The fourth-order valence-corrected chi connectivity index (χ4v) is 3.00. The lowest BCUT2D eigenvalue weighted by atomic mass is 10.2. The van der Waals surface area contributed by atoms with Crippen LogP contribution in [0.4, 0.5) is 16.0 Å². The van der Waals surface area contributed by atoms with Crippen LogP contribution in [0.2, 0.25) is 0 Å². The average Bonchev–Trinajstić information content (AvgIpc) is 3.30. The molecule has 0 unspecified atom stereocenters. The number of nitrogens with zero attached hydrogens (tertiary/aromatic N) is 4. The van der Waals surface area contributed by atoms with Gasteiger partial charge in [-0.25, -0.2) is 14.4 Å². The molecule has 2 amide bonds. The Balaban J connectivity index is 1.34. The van der Waals surface area contributed by atoms with Gasteiger partial charge in [0.25, 0.3) is 11.8 Å². The highest BCUT2D eigenvalue weighted by Gasteiger charge is 2.25. The van der Waals surface area contributed by atoms with Crippen LogP contribution in [0.3, 0.4) is 0 Å². The van der Waals surface area contributed by atoms with Crippen LogP contribution in [0.5, 0.6) is 0 Å². The van der Waals surface area contributed by atoms with Crippen molar-refractivity contribution in [2.75, 3.05) is 36.4 Å². The third-order valence-electron chi connectivity index (χ3n) is 4.58. The van der Waals surface area contributed by atoms with Crippen molar-refractivity contribution >= 4 is 23.5 Å². The second-order valence-corrected chi connectivity index (χ2v) is 6.49. The minimum absolute atomic E-state index is 0.136. The summed E-state index contributed by atoms with van der Waals surface area (Å²) < 4.78 is 18.1. The Kier molecular flexibility index (Phi) is 5.19. The highest BCUT2D eigenvalue weighted by atomic mass is 19.1. The van der Waals surface area contributed by atoms with Gasteiger partial charge in [0.2, 0.25) is 5.95 Å². The van der Waals surface area contributed by atoms with Gasteiger partial charge in [-0.05, 0) is 36.4 Å². The molecule has 1 aliphatic rings. The van der Waals surface area contributed by atoms with E-state index in [0.717, 1.165) is 0 Å². The SMILES string of the molecule is O=C(Nc1ccc(F)cc1)c1cnc(N2CCN(C(=O)c3ccco3)CC2)nc1. The lowest BCUT2D eigenvalue weighted by Crippen LogP contribution is -2.49. The number of benzene rings is 1. The van der Waals surface area contributed by atoms with Gasteiger partial charge in [-0.3, -0.25) is 9.59 Å². The first kappa shape index (κ1) is 18.6. The summed E-state index contributed by atoms with van der Waals surface area (Å²) in [4.78, 5) is 36.8. The first-order valence-electron chi connectivity index (χ1n) is 9.07. The number of furan rings is 1. The van der Waals surface area contributed by atoms with Crippen LogP contribution in [0.15, 0.2) is 59.5 Å². The smallest absolute Gasteiger partial charge is 0.289 e. The van der Waals surface area contributed by atoms with Gasteiger partial charge in [0.15, 0.2) is 5.76 Å². The van der Waals surface area contributed by atoms with Crippen LogP contribution in [0.25, 0.3) is 0 Å². The van der Waals surface area contributed by atoms with E-state index < -0.39 is 0 Å². The molecular formula is C20H18FN5O3. The number of carbonyl (C=O) groups excluding carboxylic acids is 2. The second-order valence-electron chi connectivity index (χ2n) is 6.49. The Bertz CT molecular complexity index is 982. The number of hydrogen-bond donors (Lipinski definition) is 1. The van der Waals surface area contributed by atoms with E-state index in [1.807, 2.05) is 4.90 Å². The third-order valence-corrected chi connectivity index (χ3v) is 4.58. The monoisotopic (exact) mass is 395 g/mol. The molecule has 1 aliphatic heterocycles. The number of hydrogen-bond acceptors (Lipinski definition) is 6. The summed E-state index contributed by atoms with van der Waals surface area (Å²) in [5.74, 6) is -0.0679. The zero-order valence-corrected chi connectivity index (χ0v) is 15.4. The van der Waals surface area contributed by atoms with E-state index in [1.165, 1.54) is 42.9 Å². The van der Waals surface area contributed by atoms with Crippen LogP contribution in [0, 0.1) is 5.82 Å². The first-order chi connectivity index (χ1) is 14.1. The molecule has 0 bridgehead atoms. The Morgan fingerprint density at radius 3 is 2.31 bits per heavy atom. The lowest BCUT2D eigenvalue weighted by Gasteiger charge is -2.34. The van der Waals surface area contributed by atoms with Gasteiger partial charge < -0.3 is 19.5 Å². The standard InChI is InChI=1S/C20H18FN5O3/c21-15-3-5-16(6-4-15)24-18(27)14-12-22-20(23-13-14)26-9-7-25(8-10-26)19(28)17-2-1-11-29-17/h1-6,11-13H,7-10H2,(H,24,27). The zero-order valence-electron chi connectivity index (χ0n) is 15.4. The first-order valence-corrected chi connectivity index (χ1v) is 9.07. The van der Waals surface area contributed by atoms with E-state index in [-0.39, 0.29) is 17.6 Å². The molecule has 0 atom stereocenters. The molecule has 29 heavy (non-hydrogen) atoms. The van der Waals surface area contributed by atoms with Gasteiger partial charge in [0.05, 0.1) is 11.8 Å². The molecule has 1 N–H and O–H groups in total. The van der Waals surface area contributed by atoms with Crippen LogP contribution in [0.1, 0.15) is 20.9 Å². The average molecular weight is 395 g/mol. The lowest BCUT2D eigenvalue weighted by molar-refractivity contribution is 0.0714. The van der Waals surface area contributed by atoms with Gasteiger partial charge >= 0.3 is 0 Å². The Hall–Kier alpha value is -3.75. The second kappa shape index (κ2) is 8.09. The Morgan fingerprint density at radius 1 is 1.00 bits per heavy atom. The summed E-state index contributed by atoms with van der Waals surface area (Å²) in [5, 5.41) is 2.66. The number of piperazine rings is 1. The van der Waals surface area contributed by atoms with Crippen LogP contribution in [-0.2, 0) is 0 Å². The summed E-state index contributed by atoms with van der Waals surface area (Å²) in [5.41, 5.74) is 0.780. The molecule has 1 saturated heterocycles. The van der Waals surface area contributed by atoms with E-state index in [2.05, 4.69) is 15.3 Å². The minimum Gasteiger partial charge on any atom is -0.459 e. The molecule has 1 fully saturated rings. The number of nitrogens with one attached hydrogen (secondary N) is 1. The molecule has 8 nitrogen and oxygen atoms in total. The highest BCUT2D eigenvalue weighted by molar-refractivity contribution is 6.03. The van der Waals surface area contributed by atoms with Crippen molar-refractivity contribution < 1.29 is 18.4 Å². The summed E-state index contributed by atoms with van der Waals surface area (Å²) in [6.07, 6.45) is 4.37. The molecule has 1 aromatic carbocycles. The molecule has 4 rings (SSSR count). The van der Waals surface area contributed by atoms with Gasteiger partial charge in [-0.15, -0.1) is 0 Å². The van der Waals surface area contributed by atoms with E-state index in [9.17, 15) is 14.0 Å². The fourth-order valence-electron chi connectivity index (χ4n) is 3.00. The molecule has 0 saturated carbocycles. The molecule has 3 aromatic rings. The molecule has 0 radical (unpaired) electrons. The zero-order chi connectivity index (χ0) is 20.2. The number of rotatable bonds is 4. The molecule has 9 heteroatoms. The molecular weight excluding hydrogens is 377 g/mol. The van der Waals surface area contributed by atoms with Crippen molar-refractivity contribution in [1.82, 2.24) is 14.9 Å². The molecule has 3 heterocycles. The Labute approximate surface area is 166 Å². The number of carbonyl (C=O) groups is 2. The molecule has 2 aromatic heterocycles. The van der Waals surface area contributed by atoms with E-state index in [0.29, 0.717) is 49.1 Å². The predicted octanol–water partition coefficient (Wildman–Crippen LogP) is 2.42. The van der Waals surface area contributed by atoms with Gasteiger partial charge in [-0.1, -0.05) is 0 Å². The summed E-state index contributed by atoms with van der Waals surface area (Å²) in [6, 6.07) is 8.83. The number of anilines is 2. The van der Waals surface area contributed by atoms with Gasteiger partial charge in [0.1, 0.15) is 5.82 Å².